The highest BCUT2D eigenvalue weighted by molar-refractivity contribution is 5.90. The van der Waals surface area contributed by atoms with Crippen LogP contribution in [0.3, 0.4) is 0 Å². The summed E-state index contributed by atoms with van der Waals surface area (Å²) in [6, 6.07) is 7.75. The van der Waals surface area contributed by atoms with Crippen LogP contribution >= 0.6 is 0 Å². The lowest BCUT2D eigenvalue weighted by Gasteiger charge is -2.34. The fourth-order valence-corrected chi connectivity index (χ4v) is 6.17. The lowest BCUT2D eigenvalue weighted by molar-refractivity contribution is -0.135. The highest BCUT2D eigenvalue weighted by Crippen LogP contribution is 2.29. The third kappa shape index (κ3) is 12.0. The molecule has 10 nitrogen and oxygen atoms in total. The minimum atomic E-state index is -1.15. The number of carbonyl (C=O) groups is 3. The van der Waals surface area contributed by atoms with E-state index in [2.05, 4.69) is 10.6 Å². The lowest BCUT2D eigenvalue weighted by Crippen LogP contribution is -2.57. The third-order valence-electron chi connectivity index (χ3n) is 8.57. The SMILES string of the molecule is CC(C)CC(NC(=O)C(Cc1ccccc1)OC(=O)N1CCOCC1)C(=O)NC(CC1CCCCC1)C(O)C(O)CC(C)C. The molecular weight excluding hydrogens is 562 g/mol. The summed E-state index contributed by atoms with van der Waals surface area (Å²) < 4.78 is 11.1. The number of hydrogen-bond acceptors (Lipinski definition) is 7. The molecule has 2 aliphatic rings. The predicted octanol–water partition coefficient (Wildman–Crippen LogP) is 3.82. The molecule has 0 aromatic heterocycles. The summed E-state index contributed by atoms with van der Waals surface area (Å²) in [5, 5.41) is 27.9. The van der Waals surface area contributed by atoms with Gasteiger partial charge in [0.1, 0.15) is 12.1 Å². The minimum Gasteiger partial charge on any atom is -0.436 e. The Balaban J connectivity index is 1.77. The Morgan fingerprint density at radius 1 is 0.909 bits per heavy atom. The van der Waals surface area contributed by atoms with E-state index in [-0.39, 0.29) is 18.3 Å². The van der Waals surface area contributed by atoms with Gasteiger partial charge in [0.15, 0.2) is 6.10 Å². The molecule has 1 aliphatic carbocycles. The van der Waals surface area contributed by atoms with Crippen LogP contribution in [0, 0.1) is 17.8 Å². The van der Waals surface area contributed by atoms with Gasteiger partial charge in [-0.2, -0.15) is 0 Å². The third-order valence-corrected chi connectivity index (χ3v) is 8.57. The number of nitrogens with zero attached hydrogens (tertiary/aromatic N) is 1. The maximum Gasteiger partial charge on any atom is 0.410 e. The number of benzene rings is 1. The molecule has 10 heteroatoms. The molecule has 0 radical (unpaired) electrons. The first-order chi connectivity index (χ1) is 21.0. The summed E-state index contributed by atoms with van der Waals surface area (Å²) in [5.41, 5.74) is 0.821. The summed E-state index contributed by atoms with van der Waals surface area (Å²) in [7, 11) is 0. The molecule has 2 fully saturated rings. The van der Waals surface area contributed by atoms with Gasteiger partial charge in [-0.3, -0.25) is 9.59 Å². The molecule has 1 heterocycles. The van der Waals surface area contributed by atoms with Crippen molar-refractivity contribution in [1.82, 2.24) is 15.5 Å². The number of carbonyl (C=O) groups excluding carboxylic acids is 3. The van der Waals surface area contributed by atoms with Crippen molar-refractivity contribution < 1.29 is 34.1 Å². The average molecular weight is 618 g/mol. The average Bonchev–Trinajstić information content (AvgIpc) is 3.00. The first-order valence-electron chi connectivity index (χ1n) is 16.6. The molecule has 1 aromatic carbocycles. The van der Waals surface area contributed by atoms with Crippen LogP contribution < -0.4 is 10.6 Å². The Labute approximate surface area is 263 Å². The van der Waals surface area contributed by atoms with E-state index in [0.29, 0.717) is 51.5 Å². The first-order valence-corrected chi connectivity index (χ1v) is 16.6. The quantitative estimate of drug-likeness (QED) is 0.235. The molecule has 1 saturated carbocycles. The van der Waals surface area contributed by atoms with Crippen molar-refractivity contribution in [3.8, 4) is 0 Å². The summed E-state index contributed by atoms with van der Waals surface area (Å²) in [6.07, 6.45) is 3.14. The molecule has 3 amide bonds. The number of aliphatic hydroxyl groups excluding tert-OH is 2. The first kappa shape index (κ1) is 35.8. The second-order valence-corrected chi connectivity index (χ2v) is 13.4. The predicted molar refractivity (Wildman–Crippen MR) is 169 cm³/mol. The van der Waals surface area contributed by atoms with E-state index in [1.54, 1.807) is 0 Å². The van der Waals surface area contributed by atoms with Gasteiger partial charge in [-0.15, -0.1) is 0 Å². The number of ether oxygens (including phenoxy) is 2. The van der Waals surface area contributed by atoms with Gasteiger partial charge in [-0.25, -0.2) is 4.79 Å². The van der Waals surface area contributed by atoms with Gasteiger partial charge in [0.2, 0.25) is 5.91 Å². The van der Waals surface area contributed by atoms with E-state index in [0.717, 1.165) is 31.2 Å². The lowest BCUT2D eigenvalue weighted by atomic mass is 9.82. The van der Waals surface area contributed by atoms with Crippen molar-refractivity contribution in [2.45, 2.75) is 116 Å². The molecule has 4 N–H and O–H groups in total. The zero-order valence-electron chi connectivity index (χ0n) is 27.1. The number of rotatable bonds is 15. The monoisotopic (exact) mass is 617 g/mol. The molecular formula is C34H55N3O7. The Bertz CT molecular complexity index is 1010. The van der Waals surface area contributed by atoms with Crippen LogP contribution in [0.5, 0.6) is 0 Å². The van der Waals surface area contributed by atoms with E-state index in [1.807, 2.05) is 58.0 Å². The number of nitrogens with one attached hydrogen (secondary N) is 2. The zero-order chi connectivity index (χ0) is 32.1. The highest BCUT2D eigenvalue weighted by Gasteiger charge is 2.35. The van der Waals surface area contributed by atoms with Crippen molar-refractivity contribution in [1.29, 1.82) is 0 Å². The van der Waals surface area contributed by atoms with Crippen LogP contribution in [0.4, 0.5) is 4.79 Å². The van der Waals surface area contributed by atoms with Crippen LogP contribution in [0.15, 0.2) is 30.3 Å². The second-order valence-electron chi connectivity index (χ2n) is 13.4. The Hall–Kier alpha value is -2.69. The molecule has 44 heavy (non-hydrogen) atoms. The van der Waals surface area contributed by atoms with Gasteiger partial charge in [-0.05, 0) is 42.6 Å². The Morgan fingerprint density at radius 2 is 1.55 bits per heavy atom. The molecule has 1 aliphatic heterocycles. The Kier molecular flexibility index (Phi) is 14.9. The molecule has 0 bridgehead atoms. The van der Waals surface area contributed by atoms with Crippen LogP contribution in [0.25, 0.3) is 0 Å². The maximum absolute atomic E-state index is 13.8. The van der Waals surface area contributed by atoms with E-state index in [9.17, 15) is 24.6 Å². The van der Waals surface area contributed by atoms with Crippen LogP contribution in [0.2, 0.25) is 0 Å². The van der Waals surface area contributed by atoms with Gasteiger partial charge >= 0.3 is 6.09 Å². The van der Waals surface area contributed by atoms with E-state index in [1.165, 1.54) is 11.3 Å². The minimum absolute atomic E-state index is 0.0720. The standard InChI is InChI=1S/C34H55N3O7/c1-23(2)19-28(32(40)35-27(21-25-11-7-5-8-12-25)31(39)29(38)20-24(3)4)36-33(41)30(22-26-13-9-6-10-14-26)44-34(42)37-15-17-43-18-16-37/h6,9-10,13-14,23-25,27-31,38-39H,5,7-8,11-12,15-22H2,1-4H3,(H,35,40)(H,36,41). The van der Waals surface area contributed by atoms with Gasteiger partial charge in [0, 0.05) is 19.5 Å². The topological polar surface area (TPSA) is 137 Å². The Morgan fingerprint density at radius 3 is 2.16 bits per heavy atom. The maximum atomic E-state index is 13.8. The van der Waals surface area contributed by atoms with Crippen molar-refractivity contribution in [2.75, 3.05) is 26.3 Å². The van der Waals surface area contributed by atoms with Crippen LogP contribution in [-0.2, 0) is 25.5 Å². The molecule has 0 spiro atoms. The number of morpholine rings is 1. The van der Waals surface area contributed by atoms with Crippen molar-refractivity contribution >= 4 is 17.9 Å². The van der Waals surface area contributed by atoms with Crippen LogP contribution in [-0.4, -0.2) is 89.7 Å². The van der Waals surface area contributed by atoms with E-state index >= 15 is 0 Å². The molecule has 3 rings (SSSR count). The van der Waals surface area contributed by atoms with Gasteiger partial charge < -0.3 is 35.2 Å². The number of aliphatic hydroxyl groups is 2. The van der Waals surface area contributed by atoms with Gasteiger partial charge in [-0.1, -0.05) is 90.1 Å². The summed E-state index contributed by atoms with van der Waals surface area (Å²) in [5.74, 6) is -0.367. The fourth-order valence-electron chi connectivity index (χ4n) is 6.17. The molecule has 5 unspecified atom stereocenters. The number of hydrogen-bond donors (Lipinski definition) is 4. The molecule has 1 saturated heterocycles. The summed E-state index contributed by atoms with van der Waals surface area (Å²) >= 11 is 0. The second kappa shape index (κ2) is 18.3. The largest absolute Gasteiger partial charge is 0.436 e. The van der Waals surface area contributed by atoms with Gasteiger partial charge in [0.25, 0.3) is 5.91 Å². The van der Waals surface area contributed by atoms with E-state index < -0.39 is 48.3 Å². The zero-order valence-corrected chi connectivity index (χ0v) is 27.1. The van der Waals surface area contributed by atoms with Gasteiger partial charge in [0.05, 0.1) is 25.4 Å². The molecule has 248 valence electrons. The summed E-state index contributed by atoms with van der Waals surface area (Å²) in [6.45, 7) is 9.46. The van der Waals surface area contributed by atoms with Crippen molar-refractivity contribution in [3.63, 3.8) is 0 Å². The van der Waals surface area contributed by atoms with Crippen molar-refractivity contribution in [2.24, 2.45) is 17.8 Å². The molecule has 5 atom stereocenters. The normalized spacial score (nSPS) is 19.6. The van der Waals surface area contributed by atoms with Crippen LogP contribution in [0.1, 0.15) is 84.6 Å². The molecule has 1 aromatic rings. The number of amides is 3. The highest BCUT2D eigenvalue weighted by atomic mass is 16.6. The summed E-state index contributed by atoms with van der Waals surface area (Å²) in [4.78, 5) is 42.1. The van der Waals surface area contributed by atoms with E-state index in [4.69, 9.17) is 9.47 Å². The van der Waals surface area contributed by atoms with Crippen molar-refractivity contribution in [3.05, 3.63) is 35.9 Å². The smallest absolute Gasteiger partial charge is 0.410 e. The fraction of sp³-hybridized carbons (Fsp3) is 0.735.